The summed E-state index contributed by atoms with van der Waals surface area (Å²) in [6.07, 6.45) is 1.84. The summed E-state index contributed by atoms with van der Waals surface area (Å²) in [6, 6.07) is 1.36. The van der Waals surface area contributed by atoms with Gasteiger partial charge in [-0.2, -0.15) is 5.10 Å². The number of nitrogens with one attached hydrogen (secondary N) is 1. The number of aryl methyl sites for hydroxylation is 1. The number of nitrogens with two attached hydrogens (primary N) is 1. The molecule has 1 heterocycles. The van der Waals surface area contributed by atoms with Gasteiger partial charge in [-0.3, -0.25) is 9.48 Å². The third-order valence-corrected chi connectivity index (χ3v) is 2.43. The molecule has 90 valence electrons. The van der Waals surface area contributed by atoms with Crippen LogP contribution >= 0.6 is 0 Å². The number of hydrogen-bond donors (Lipinski definition) is 2. The van der Waals surface area contributed by atoms with Crippen molar-refractivity contribution in [3.05, 3.63) is 18.0 Å². The number of carbonyl (C=O) groups excluding carboxylic acids is 1. The van der Waals surface area contributed by atoms with Gasteiger partial charge in [0.1, 0.15) is 0 Å². The van der Waals surface area contributed by atoms with E-state index in [1.165, 1.54) is 0 Å². The molecule has 1 aromatic heterocycles. The molecular weight excluding hydrogens is 204 g/mol. The van der Waals surface area contributed by atoms with Crippen LogP contribution in [0.4, 0.5) is 0 Å². The van der Waals surface area contributed by atoms with Crippen molar-refractivity contribution in [3.8, 4) is 0 Å². The molecule has 0 aliphatic heterocycles. The second-order valence-electron chi connectivity index (χ2n) is 5.04. The van der Waals surface area contributed by atoms with E-state index in [0.717, 1.165) is 5.69 Å². The first kappa shape index (κ1) is 12.7. The summed E-state index contributed by atoms with van der Waals surface area (Å²) in [5.41, 5.74) is 6.43. The van der Waals surface area contributed by atoms with Crippen LogP contribution in [0.1, 0.15) is 26.5 Å². The summed E-state index contributed by atoms with van der Waals surface area (Å²) in [6.45, 7) is 6.25. The highest BCUT2D eigenvalue weighted by Crippen LogP contribution is 2.17. The lowest BCUT2D eigenvalue weighted by atomic mass is 9.87. The molecule has 1 aromatic rings. The maximum atomic E-state index is 11.7. The maximum Gasteiger partial charge on any atom is 0.237 e. The van der Waals surface area contributed by atoms with E-state index in [1.807, 2.05) is 40.1 Å². The van der Waals surface area contributed by atoms with Crippen molar-refractivity contribution in [2.24, 2.45) is 18.2 Å². The van der Waals surface area contributed by atoms with Crippen LogP contribution in [0.15, 0.2) is 12.3 Å². The lowest BCUT2D eigenvalue weighted by Gasteiger charge is -2.25. The van der Waals surface area contributed by atoms with Gasteiger partial charge in [-0.25, -0.2) is 0 Å². The van der Waals surface area contributed by atoms with Crippen molar-refractivity contribution in [3.63, 3.8) is 0 Å². The highest BCUT2D eigenvalue weighted by atomic mass is 16.2. The summed E-state index contributed by atoms with van der Waals surface area (Å²) in [4.78, 5) is 11.7. The summed E-state index contributed by atoms with van der Waals surface area (Å²) >= 11 is 0. The van der Waals surface area contributed by atoms with Crippen LogP contribution in [0.2, 0.25) is 0 Å². The zero-order valence-corrected chi connectivity index (χ0v) is 10.3. The van der Waals surface area contributed by atoms with Crippen molar-refractivity contribution in [2.45, 2.75) is 33.4 Å². The van der Waals surface area contributed by atoms with Gasteiger partial charge in [0.25, 0.3) is 0 Å². The smallest absolute Gasteiger partial charge is 0.237 e. The predicted octanol–water partition coefficient (Wildman–Crippen LogP) is 0.410. The van der Waals surface area contributed by atoms with E-state index < -0.39 is 6.04 Å². The first-order valence-electron chi connectivity index (χ1n) is 5.32. The Labute approximate surface area is 96.0 Å². The number of amides is 1. The van der Waals surface area contributed by atoms with E-state index in [4.69, 9.17) is 5.73 Å². The molecule has 0 aromatic carbocycles. The minimum atomic E-state index is -0.504. The Morgan fingerprint density at radius 1 is 1.62 bits per heavy atom. The average molecular weight is 224 g/mol. The Bertz CT molecular complexity index is 364. The van der Waals surface area contributed by atoms with Crippen molar-refractivity contribution in [1.29, 1.82) is 0 Å². The molecule has 1 atom stereocenters. The lowest BCUT2D eigenvalue weighted by Crippen LogP contribution is -2.48. The summed E-state index contributed by atoms with van der Waals surface area (Å²) in [7, 11) is 1.84. The predicted molar refractivity (Wildman–Crippen MR) is 62.5 cm³/mol. The largest absolute Gasteiger partial charge is 0.349 e. The molecule has 0 saturated carbocycles. The minimum absolute atomic E-state index is 0.141. The van der Waals surface area contributed by atoms with Crippen molar-refractivity contribution in [1.82, 2.24) is 15.1 Å². The van der Waals surface area contributed by atoms with Crippen LogP contribution < -0.4 is 11.1 Å². The van der Waals surface area contributed by atoms with Gasteiger partial charge in [-0.15, -0.1) is 0 Å². The number of rotatable bonds is 3. The summed E-state index contributed by atoms with van der Waals surface area (Å²) < 4.78 is 1.70. The average Bonchev–Trinajstić information content (AvgIpc) is 2.58. The Hall–Kier alpha value is -1.36. The second kappa shape index (κ2) is 4.65. The zero-order valence-electron chi connectivity index (χ0n) is 10.3. The van der Waals surface area contributed by atoms with Crippen LogP contribution in [-0.4, -0.2) is 21.7 Å². The quantitative estimate of drug-likeness (QED) is 0.781. The van der Waals surface area contributed by atoms with Crippen LogP contribution in [-0.2, 0) is 18.4 Å². The molecule has 3 N–H and O–H groups in total. The first-order valence-corrected chi connectivity index (χ1v) is 5.32. The summed E-state index contributed by atoms with van der Waals surface area (Å²) in [5, 5.41) is 6.94. The standard InChI is InChI=1S/C11H20N4O/c1-11(2,3)9(12)10(16)13-7-8-5-6-15(4)14-8/h5-6,9H,7,12H2,1-4H3,(H,13,16)/t9-/m1/s1. The zero-order chi connectivity index (χ0) is 12.3. The van der Waals surface area contributed by atoms with E-state index in [1.54, 1.807) is 4.68 Å². The molecule has 0 unspecified atom stereocenters. The van der Waals surface area contributed by atoms with Gasteiger partial charge in [-0.05, 0) is 11.5 Å². The molecule has 5 heteroatoms. The molecule has 0 spiro atoms. The van der Waals surface area contributed by atoms with Gasteiger partial charge in [0, 0.05) is 13.2 Å². The molecule has 16 heavy (non-hydrogen) atoms. The molecule has 0 saturated heterocycles. The third-order valence-electron chi connectivity index (χ3n) is 2.43. The van der Waals surface area contributed by atoms with Gasteiger partial charge in [-0.1, -0.05) is 20.8 Å². The molecule has 0 aliphatic carbocycles. The highest BCUT2D eigenvalue weighted by molar-refractivity contribution is 5.82. The summed E-state index contributed by atoms with van der Waals surface area (Å²) in [5.74, 6) is -0.141. The Balaban J connectivity index is 2.47. The maximum absolute atomic E-state index is 11.7. The molecule has 5 nitrogen and oxygen atoms in total. The van der Waals surface area contributed by atoms with Crippen molar-refractivity contribution >= 4 is 5.91 Å². The van der Waals surface area contributed by atoms with Crippen LogP contribution in [0.5, 0.6) is 0 Å². The minimum Gasteiger partial charge on any atom is -0.349 e. The Kier molecular flexibility index (Phi) is 3.70. The number of hydrogen-bond acceptors (Lipinski definition) is 3. The van der Waals surface area contributed by atoms with Crippen LogP contribution in [0.3, 0.4) is 0 Å². The SMILES string of the molecule is Cn1ccc(CNC(=O)[C@@H](N)C(C)(C)C)n1. The molecular formula is C11H20N4O. The van der Waals surface area contributed by atoms with Crippen molar-refractivity contribution < 1.29 is 4.79 Å². The first-order chi connectivity index (χ1) is 7.30. The van der Waals surface area contributed by atoms with E-state index >= 15 is 0 Å². The van der Waals surface area contributed by atoms with E-state index in [2.05, 4.69) is 10.4 Å². The normalized spacial score (nSPS) is 13.6. The fraction of sp³-hybridized carbons (Fsp3) is 0.636. The highest BCUT2D eigenvalue weighted by Gasteiger charge is 2.27. The van der Waals surface area contributed by atoms with E-state index in [9.17, 15) is 4.79 Å². The lowest BCUT2D eigenvalue weighted by molar-refractivity contribution is -0.124. The van der Waals surface area contributed by atoms with Gasteiger partial charge >= 0.3 is 0 Å². The third kappa shape index (κ3) is 3.34. The topological polar surface area (TPSA) is 72.9 Å². The number of aromatic nitrogens is 2. The van der Waals surface area contributed by atoms with Gasteiger partial charge < -0.3 is 11.1 Å². The molecule has 0 radical (unpaired) electrons. The molecule has 0 fully saturated rings. The second-order valence-corrected chi connectivity index (χ2v) is 5.04. The van der Waals surface area contributed by atoms with E-state index in [0.29, 0.717) is 6.54 Å². The number of nitrogens with zero attached hydrogens (tertiary/aromatic N) is 2. The monoisotopic (exact) mass is 224 g/mol. The van der Waals surface area contributed by atoms with Gasteiger partial charge in [0.15, 0.2) is 0 Å². The molecule has 0 bridgehead atoms. The number of carbonyl (C=O) groups is 1. The fourth-order valence-electron chi connectivity index (χ4n) is 1.24. The fourth-order valence-corrected chi connectivity index (χ4v) is 1.24. The van der Waals surface area contributed by atoms with Crippen LogP contribution in [0, 0.1) is 5.41 Å². The van der Waals surface area contributed by atoms with Gasteiger partial charge in [0.05, 0.1) is 18.3 Å². The molecule has 1 rings (SSSR count). The van der Waals surface area contributed by atoms with Crippen molar-refractivity contribution in [2.75, 3.05) is 0 Å². The Morgan fingerprint density at radius 3 is 2.69 bits per heavy atom. The van der Waals surface area contributed by atoms with Gasteiger partial charge in [0.2, 0.25) is 5.91 Å². The Morgan fingerprint density at radius 2 is 2.25 bits per heavy atom. The van der Waals surface area contributed by atoms with Crippen LogP contribution in [0.25, 0.3) is 0 Å². The molecule has 1 amide bonds. The van der Waals surface area contributed by atoms with E-state index in [-0.39, 0.29) is 11.3 Å². The molecule has 0 aliphatic rings.